The van der Waals surface area contributed by atoms with Crippen molar-refractivity contribution in [3.63, 3.8) is 0 Å². The summed E-state index contributed by atoms with van der Waals surface area (Å²) >= 11 is 0. The number of rotatable bonds is 1. The van der Waals surface area contributed by atoms with E-state index < -0.39 is 17.1 Å². The molecule has 3 heteroatoms. The first kappa shape index (κ1) is 9.23. The van der Waals surface area contributed by atoms with E-state index in [1.54, 1.807) is 0 Å². The molecule has 62 valence electrons. The summed E-state index contributed by atoms with van der Waals surface area (Å²) in [6.45, 7) is 3.73. The van der Waals surface area contributed by atoms with Crippen LogP contribution >= 0.6 is 0 Å². The lowest BCUT2D eigenvalue weighted by Gasteiger charge is -2.07. The highest BCUT2D eigenvalue weighted by Crippen LogP contribution is 2.15. The molecule has 1 rings (SSSR count). The van der Waals surface area contributed by atoms with E-state index in [2.05, 4.69) is 0 Å². The van der Waals surface area contributed by atoms with Gasteiger partial charge in [-0.3, -0.25) is 0 Å². The van der Waals surface area contributed by atoms with Crippen molar-refractivity contribution in [3.05, 3.63) is 29.3 Å². The van der Waals surface area contributed by atoms with Gasteiger partial charge in [0.15, 0.2) is 0 Å². The van der Waals surface area contributed by atoms with Crippen LogP contribution in [0.3, 0.4) is 0 Å². The lowest BCUT2D eigenvalue weighted by Crippen LogP contribution is -2.14. The molecule has 0 amide bonds. The quantitative estimate of drug-likeness (QED) is 0.558. The van der Waals surface area contributed by atoms with E-state index in [1.807, 2.05) is 13.8 Å². The molecule has 0 aliphatic heterocycles. The van der Waals surface area contributed by atoms with Gasteiger partial charge < -0.3 is 0 Å². The normalized spacial score (nSPS) is 10.8. The second-order valence-corrected chi connectivity index (χ2v) is 3.05. The molecule has 0 fully saturated rings. The summed E-state index contributed by atoms with van der Waals surface area (Å²) < 4.78 is 25.7. The van der Waals surface area contributed by atoms with E-state index in [0.29, 0.717) is 5.56 Å². The Balaban J connectivity index is 3.21. The maximum Gasteiger partial charge on any atom is 0.122 e. The Morgan fingerprint density at radius 2 is 1.58 bits per heavy atom. The molecule has 0 N–H and O–H groups in total. The van der Waals surface area contributed by atoms with Crippen molar-refractivity contribution in [1.82, 2.24) is 0 Å². The summed E-state index contributed by atoms with van der Waals surface area (Å²) in [6.07, 6.45) is 0. The maximum atomic E-state index is 12.8. The van der Waals surface area contributed by atoms with Crippen LogP contribution in [0.5, 0.6) is 0 Å². The predicted molar refractivity (Wildman–Crippen MR) is 45.8 cm³/mol. The molecule has 0 nitrogen and oxygen atoms in total. The lowest BCUT2D eigenvalue weighted by atomic mass is 9.91. The Morgan fingerprint density at radius 3 is 1.92 bits per heavy atom. The highest BCUT2D eigenvalue weighted by molar-refractivity contribution is 6.32. The van der Waals surface area contributed by atoms with Gasteiger partial charge in [-0.2, -0.15) is 0 Å². The van der Waals surface area contributed by atoms with Gasteiger partial charge in [-0.25, -0.2) is 8.78 Å². The summed E-state index contributed by atoms with van der Waals surface area (Å²) in [5.41, 5.74) is 0.221. The zero-order valence-electron chi connectivity index (χ0n) is 7.07. The maximum absolute atomic E-state index is 12.8. The molecule has 0 bridgehead atoms. The van der Waals surface area contributed by atoms with Gasteiger partial charge in [0.1, 0.15) is 19.5 Å². The van der Waals surface area contributed by atoms with Gasteiger partial charge >= 0.3 is 0 Å². The fraction of sp³-hybridized carbons (Fsp3) is 0.333. The molecule has 0 heterocycles. The molecular formula is C9H9BF2. The van der Waals surface area contributed by atoms with Gasteiger partial charge in [-0.05, 0) is 29.1 Å². The van der Waals surface area contributed by atoms with Crippen LogP contribution in [0, 0.1) is 11.6 Å². The summed E-state index contributed by atoms with van der Waals surface area (Å²) in [4.78, 5) is 0. The van der Waals surface area contributed by atoms with Crippen molar-refractivity contribution in [2.24, 2.45) is 0 Å². The van der Waals surface area contributed by atoms with Gasteiger partial charge in [0, 0.05) is 0 Å². The first-order chi connectivity index (χ1) is 5.52. The van der Waals surface area contributed by atoms with E-state index in [-0.39, 0.29) is 5.92 Å². The Kier molecular flexibility index (Phi) is 2.50. The van der Waals surface area contributed by atoms with Gasteiger partial charge in [-0.1, -0.05) is 13.8 Å². The van der Waals surface area contributed by atoms with Crippen LogP contribution in [0.1, 0.15) is 25.3 Å². The van der Waals surface area contributed by atoms with Crippen LogP contribution in [0.25, 0.3) is 0 Å². The molecule has 0 saturated carbocycles. The smallest absolute Gasteiger partial charge is 0.122 e. The van der Waals surface area contributed by atoms with Crippen molar-refractivity contribution >= 4 is 13.3 Å². The third kappa shape index (κ3) is 1.66. The Morgan fingerprint density at radius 1 is 1.17 bits per heavy atom. The lowest BCUT2D eigenvalue weighted by molar-refractivity contribution is 0.591. The number of benzene rings is 1. The Labute approximate surface area is 72.0 Å². The minimum atomic E-state index is -0.682. The van der Waals surface area contributed by atoms with Gasteiger partial charge in [0.25, 0.3) is 0 Å². The second kappa shape index (κ2) is 3.25. The summed E-state index contributed by atoms with van der Waals surface area (Å²) in [6, 6.07) is 2.53. The largest absolute Gasteiger partial charge is 0.208 e. The summed E-state index contributed by atoms with van der Waals surface area (Å²) in [5, 5.41) is 0. The van der Waals surface area contributed by atoms with Gasteiger partial charge in [0.2, 0.25) is 0 Å². The van der Waals surface area contributed by atoms with Gasteiger partial charge in [-0.15, -0.1) is 0 Å². The van der Waals surface area contributed by atoms with Crippen LogP contribution < -0.4 is 5.46 Å². The number of halogens is 2. The van der Waals surface area contributed by atoms with Crippen molar-refractivity contribution in [1.29, 1.82) is 0 Å². The molecule has 0 aliphatic carbocycles. The minimum absolute atomic E-state index is 0.106. The second-order valence-electron chi connectivity index (χ2n) is 3.05. The van der Waals surface area contributed by atoms with E-state index in [4.69, 9.17) is 7.85 Å². The fourth-order valence-electron chi connectivity index (χ4n) is 0.937. The van der Waals surface area contributed by atoms with Crippen LogP contribution in [-0.4, -0.2) is 7.85 Å². The molecule has 0 spiro atoms. The third-order valence-electron chi connectivity index (χ3n) is 1.77. The van der Waals surface area contributed by atoms with Crippen LogP contribution in [0.4, 0.5) is 8.78 Å². The molecular weight excluding hydrogens is 157 g/mol. The molecule has 12 heavy (non-hydrogen) atoms. The SMILES string of the molecule is [B]c1c(F)cc(C(C)C)cc1F. The average molecular weight is 166 g/mol. The van der Waals surface area contributed by atoms with Crippen LogP contribution in [0.2, 0.25) is 0 Å². The van der Waals surface area contributed by atoms with Crippen LogP contribution in [0.15, 0.2) is 12.1 Å². The van der Waals surface area contributed by atoms with Crippen molar-refractivity contribution in [3.8, 4) is 0 Å². The first-order valence-corrected chi connectivity index (χ1v) is 3.76. The first-order valence-electron chi connectivity index (χ1n) is 3.76. The topological polar surface area (TPSA) is 0 Å². The zero-order chi connectivity index (χ0) is 9.30. The highest BCUT2D eigenvalue weighted by atomic mass is 19.1. The van der Waals surface area contributed by atoms with Crippen molar-refractivity contribution in [2.75, 3.05) is 0 Å². The number of hydrogen-bond donors (Lipinski definition) is 0. The van der Waals surface area contributed by atoms with Gasteiger partial charge in [0.05, 0.1) is 0 Å². The van der Waals surface area contributed by atoms with E-state index >= 15 is 0 Å². The molecule has 0 unspecified atom stereocenters. The highest BCUT2D eigenvalue weighted by Gasteiger charge is 2.07. The molecule has 0 atom stereocenters. The van der Waals surface area contributed by atoms with E-state index in [1.165, 1.54) is 12.1 Å². The molecule has 2 radical (unpaired) electrons. The molecule has 0 aliphatic rings. The molecule has 1 aromatic carbocycles. The zero-order valence-corrected chi connectivity index (χ0v) is 7.07. The average Bonchev–Trinajstić information content (AvgIpc) is 1.99. The Hall–Kier alpha value is -0.855. The van der Waals surface area contributed by atoms with E-state index in [0.717, 1.165) is 0 Å². The predicted octanol–water partition coefficient (Wildman–Crippen LogP) is 1.88. The minimum Gasteiger partial charge on any atom is -0.208 e. The van der Waals surface area contributed by atoms with E-state index in [9.17, 15) is 8.78 Å². The molecule has 0 saturated heterocycles. The van der Waals surface area contributed by atoms with Crippen LogP contribution in [-0.2, 0) is 0 Å². The number of hydrogen-bond acceptors (Lipinski definition) is 0. The van der Waals surface area contributed by atoms with Crippen molar-refractivity contribution in [2.45, 2.75) is 19.8 Å². The monoisotopic (exact) mass is 166 g/mol. The third-order valence-corrected chi connectivity index (χ3v) is 1.77. The standard InChI is InChI=1S/C9H9BF2/c1-5(2)6-3-7(11)9(10)8(12)4-6/h3-5H,1-2H3. The van der Waals surface area contributed by atoms with Crippen molar-refractivity contribution < 1.29 is 8.78 Å². The Bertz CT molecular complexity index is 272. The molecule has 1 aromatic rings. The summed E-state index contributed by atoms with van der Waals surface area (Å²) in [5.74, 6) is -1.26. The fourth-order valence-corrected chi connectivity index (χ4v) is 0.937. The summed E-state index contributed by atoms with van der Waals surface area (Å²) in [7, 11) is 5.10. The molecule has 0 aromatic heterocycles.